The van der Waals surface area contributed by atoms with Crippen molar-refractivity contribution in [2.45, 2.75) is 50.7 Å². The number of aromatic amines is 1. The summed E-state index contributed by atoms with van der Waals surface area (Å²) < 4.78 is 1.60. The molecule has 1 fully saturated rings. The zero-order chi connectivity index (χ0) is 13.9. The highest BCUT2D eigenvalue weighted by Crippen LogP contribution is 2.42. The number of aliphatic carboxylic acids is 1. The number of nitrogens with one attached hydrogen (secondary N) is 1. The van der Waals surface area contributed by atoms with Crippen LogP contribution in [0.15, 0.2) is 9.95 Å². The van der Waals surface area contributed by atoms with Crippen molar-refractivity contribution in [3.05, 3.63) is 10.5 Å². The van der Waals surface area contributed by atoms with E-state index >= 15 is 0 Å². The van der Waals surface area contributed by atoms with Gasteiger partial charge in [0.05, 0.1) is 5.75 Å². The summed E-state index contributed by atoms with van der Waals surface area (Å²) in [4.78, 5) is 22.4. The van der Waals surface area contributed by atoms with Gasteiger partial charge in [-0.05, 0) is 24.7 Å². The van der Waals surface area contributed by atoms with Gasteiger partial charge in [-0.25, -0.2) is 9.89 Å². The summed E-state index contributed by atoms with van der Waals surface area (Å²) in [6.07, 6.45) is 5.71. The molecule has 0 saturated heterocycles. The predicted octanol–water partition coefficient (Wildman–Crippen LogP) is 1.72. The minimum Gasteiger partial charge on any atom is -0.481 e. The molecule has 1 saturated carbocycles. The molecule has 1 aromatic heterocycles. The number of hydrogen-bond donors (Lipinski definition) is 2. The maximum Gasteiger partial charge on any atom is 0.343 e. The Balaban J connectivity index is 2.16. The van der Waals surface area contributed by atoms with Gasteiger partial charge in [-0.15, -0.1) is 5.10 Å². The van der Waals surface area contributed by atoms with Crippen molar-refractivity contribution in [1.82, 2.24) is 14.8 Å². The lowest BCUT2D eigenvalue weighted by Gasteiger charge is -2.27. The Kier molecular flexibility index (Phi) is 4.34. The molecule has 0 unspecified atom stereocenters. The first-order chi connectivity index (χ1) is 9.06. The van der Waals surface area contributed by atoms with Crippen LogP contribution in [0, 0.1) is 5.41 Å². The third-order valence-electron chi connectivity index (χ3n) is 3.96. The average molecular weight is 285 g/mol. The van der Waals surface area contributed by atoms with E-state index in [0.717, 1.165) is 31.0 Å². The Morgan fingerprint density at radius 2 is 2.21 bits per heavy atom. The van der Waals surface area contributed by atoms with Gasteiger partial charge in [0.25, 0.3) is 0 Å². The topological polar surface area (TPSA) is 88.0 Å². The summed E-state index contributed by atoms with van der Waals surface area (Å²) in [6, 6.07) is 0. The first-order valence-corrected chi connectivity index (χ1v) is 7.55. The molecule has 19 heavy (non-hydrogen) atoms. The molecule has 2 N–H and O–H groups in total. The molecule has 0 spiro atoms. The van der Waals surface area contributed by atoms with Crippen LogP contribution in [-0.2, 0) is 11.3 Å². The molecule has 0 aromatic carbocycles. The summed E-state index contributed by atoms with van der Waals surface area (Å²) in [5, 5.41) is 15.5. The van der Waals surface area contributed by atoms with Gasteiger partial charge < -0.3 is 5.11 Å². The maximum absolute atomic E-state index is 11.8. The Hall–Kier alpha value is -1.24. The number of carboxylic acids is 1. The number of rotatable bonds is 6. The normalized spacial score (nSPS) is 17.7. The lowest BCUT2D eigenvalue weighted by Crippen LogP contribution is -2.29. The highest BCUT2D eigenvalue weighted by molar-refractivity contribution is 7.99. The Labute approximate surface area is 115 Å². The minimum atomic E-state index is -0.905. The second-order valence-corrected chi connectivity index (χ2v) is 6.08. The van der Waals surface area contributed by atoms with E-state index in [2.05, 4.69) is 17.1 Å². The van der Waals surface area contributed by atoms with Crippen LogP contribution in [0.25, 0.3) is 0 Å². The number of carboxylic acid groups (broad SMARTS) is 1. The summed E-state index contributed by atoms with van der Waals surface area (Å²) in [6.45, 7) is 2.79. The third-order valence-corrected chi connectivity index (χ3v) is 4.92. The van der Waals surface area contributed by atoms with Crippen molar-refractivity contribution < 1.29 is 9.90 Å². The molecule has 0 amide bonds. The number of nitrogens with zero attached hydrogens (tertiary/aromatic N) is 2. The molecule has 2 rings (SSSR count). The Bertz CT molecular complexity index is 503. The van der Waals surface area contributed by atoms with Crippen LogP contribution in [-0.4, -0.2) is 31.6 Å². The monoisotopic (exact) mass is 285 g/mol. The molecular weight excluding hydrogens is 266 g/mol. The number of carbonyl (C=O) groups is 1. The van der Waals surface area contributed by atoms with E-state index in [0.29, 0.717) is 11.7 Å². The highest BCUT2D eigenvalue weighted by Gasteiger charge is 2.33. The SMILES string of the molecule is CCC1(Cn2c(SCC(=O)O)n[nH]c2=O)CCCC1. The van der Waals surface area contributed by atoms with E-state index in [1.807, 2.05) is 0 Å². The van der Waals surface area contributed by atoms with E-state index in [1.165, 1.54) is 12.8 Å². The fourth-order valence-corrected chi connectivity index (χ4v) is 3.43. The molecule has 0 radical (unpaired) electrons. The van der Waals surface area contributed by atoms with E-state index in [1.54, 1.807) is 4.57 Å². The van der Waals surface area contributed by atoms with Crippen LogP contribution in [0.3, 0.4) is 0 Å². The Morgan fingerprint density at radius 1 is 1.53 bits per heavy atom. The second-order valence-electron chi connectivity index (χ2n) is 5.14. The molecular formula is C12H19N3O3S. The molecule has 1 aromatic rings. The molecule has 0 atom stereocenters. The van der Waals surface area contributed by atoms with Crippen molar-refractivity contribution in [2.24, 2.45) is 5.41 Å². The lowest BCUT2D eigenvalue weighted by atomic mass is 9.83. The van der Waals surface area contributed by atoms with Crippen molar-refractivity contribution in [3.63, 3.8) is 0 Å². The Morgan fingerprint density at radius 3 is 2.79 bits per heavy atom. The molecule has 1 heterocycles. The predicted molar refractivity (Wildman–Crippen MR) is 72.4 cm³/mol. The fraction of sp³-hybridized carbons (Fsp3) is 0.750. The molecule has 1 aliphatic carbocycles. The van der Waals surface area contributed by atoms with Crippen LogP contribution in [0.4, 0.5) is 0 Å². The quantitative estimate of drug-likeness (QED) is 0.777. The molecule has 7 heteroatoms. The zero-order valence-electron chi connectivity index (χ0n) is 11.0. The highest BCUT2D eigenvalue weighted by atomic mass is 32.2. The van der Waals surface area contributed by atoms with Crippen molar-refractivity contribution >= 4 is 17.7 Å². The summed E-state index contributed by atoms with van der Waals surface area (Å²) >= 11 is 1.09. The van der Waals surface area contributed by atoms with Crippen molar-refractivity contribution in [3.8, 4) is 0 Å². The van der Waals surface area contributed by atoms with Crippen LogP contribution in [0.2, 0.25) is 0 Å². The van der Waals surface area contributed by atoms with E-state index in [9.17, 15) is 9.59 Å². The number of H-pyrrole nitrogens is 1. The lowest BCUT2D eigenvalue weighted by molar-refractivity contribution is -0.133. The van der Waals surface area contributed by atoms with Crippen LogP contribution < -0.4 is 5.69 Å². The van der Waals surface area contributed by atoms with Crippen LogP contribution in [0.1, 0.15) is 39.0 Å². The maximum atomic E-state index is 11.8. The zero-order valence-corrected chi connectivity index (χ0v) is 11.8. The number of aromatic nitrogens is 3. The number of thioether (sulfide) groups is 1. The minimum absolute atomic E-state index is 0.0799. The molecule has 0 aliphatic heterocycles. The number of hydrogen-bond acceptors (Lipinski definition) is 4. The molecule has 106 valence electrons. The standard InChI is InChI=1S/C12H19N3O3S/c1-2-12(5-3-4-6-12)8-15-10(18)13-14-11(15)19-7-9(16)17/h2-8H2,1H3,(H,13,18)(H,16,17). The van der Waals surface area contributed by atoms with Crippen LogP contribution >= 0.6 is 11.8 Å². The first kappa shape index (κ1) is 14.2. The molecule has 0 bridgehead atoms. The first-order valence-electron chi connectivity index (χ1n) is 6.56. The van der Waals surface area contributed by atoms with Crippen LogP contribution in [0.5, 0.6) is 0 Å². The van der Waals surface area contributed by atoms with Gasteiger partial charge in [0.1, 0.15) is 0 Å². The van der Waals surface area contributed by atoms with E-state index in [-0.39, 0.29) is 16.9 Å². The summed E-state index contributed by atoms with van der Waals surface area (Å²) in [5.41, 5.74) is -0.0701. The van der Waals surface area contributed by atoms with Gasteiger partial charge in [0.15, 0.2) is 5.16 Å². The van der Waals surface area contributed by atoms with Gasteiger partial charge in [0.2, 0.25) is 0 Å². The third kappa shape index (κ3) is 3.20. The fourth-order valence-electron chi connectivity index (χ4n) is 2.76. The molecule has 1 aliphatic rings. The van der Waals surface area contributed by atoms with Gasteiger partial charge in [-0.1, -0.05) is 31.5 Å². The van der Waals surface area contributed by atoms with Gasteiger partial charge in [-0.3, -0.25) is 9.36 Å². The van der Waals surface area contributed by atoms with Crippen molar-refractivity contribution in [2.75, 3.05) is 5.75 Å². The van der Waals surface area contributed by atoms with E-state index < -0.39 is 5.97 Å². The largest absolute Gasteiger partial charge is 0.481 e. The average Bonchev–Trinajstić information content (AvgIpc) is 2.97. The molecule has 6 nitrogen and oxygen atoms in total. The van der Waals surface area contributed by atoms with Gasteiger partial charge >= 0.3 is 11.7 Å². The van der Waals surface area contributed by atoms with Crippen molar-refractivity contribution in [1.29, 1.82) is 0 Å². The summed E-state index contributed by atoms with van der Waals surface area (Å²) in [7, 11) is 0. The smallest absolute Gasteiger partial charge is 0.343 e. The van der Waals surface area contributed by atoms with E-state index in [4.69, 9.17) is 5.11 Å². The van der Waals surface area contributed by atoms with Gasteiger partial charge in [0, 0.05) is 6.54 Å². The van der Waals surface area contributed by atoms with Gasteiger partial charge in [-0.2, -0.15) is 0 Å². The summed E-state index contributed by atoms with van der Waals surface area (Å²) in [5.74, 6) is -0.985. The second kappa shape index (κ2) is 5.81.